The minimum absolute atomic E-state index is 0.368. The minimum Gasteiger partial charge on any atom is -0.618 e. The van der Waals surface area contributed by atoms with Gasteiger partial charge in [-0.15, -0.1) is 0 Å². The standard InChI is InChI=1S/C17H15NO5/c1-22-16(19)13-5-3-12(4-6-13)11-18(21)15-9-7-14(8-10-15)17(20)23-2/h3-11H,1-2H3. The number of carbonyl (C=O) groups excluding carboxylic acids is 2. The molecule has 0 N–H and O–H groups in total. The summed E-state index contributed by atoms with van der Waals surface area (Å²) in [6.45, 7) is 0. The summed E-state index contributed by atoms with van der Waals surface area (Å²) in [5.41, 5.74) is 1.77. The van der Waals surface area contributed by atoms with E-state index in [-0.39, 0.29) is 0 Å². The van der Waals surface area contributed by atoms with Gasteiger partial charge in [-0.3, -0.25) is 0 Å². The largest absolute Gasteiger partial charge is 0.618 e. The van der Waals surface area contributed by atoms with Gasteiger partial charge < -0.3 is 14.7 Å². The molecule has 0 aliphatic carbocycles. The summed E-state index contributed by atoms with van der Waals surface area (Å²) in [5, 5.41) is 12.1. The molecular weight excluding hydrogens is 298 g/mol. The molecule has 118 valence electrons. The van der Waals surface area contributed by atoms with E-state index in [4.69, 9.17) is 0 Å². The lowest BCUT2D eigenvalue weighted by Crippen LogP contribution is -2.03. The lowest BCUT2D eigenvalue weighted by Gasteiger charge is -2.04. The molecule has 0 amide bonds. The van der Waals surface area contributed by atoms with E-state index < -0.39 is 11.9 Å². The first-order valence-electron chi connectivity index (χ1n) is 6.73. The van der Waals surface area contributed by atoms with Crippen LogP contribution in [-0.4, -0.2) is 37.1 Å². The highest BCUT2D eigenvalue weighted by molar-refractivity contribution is 5.90. The van der Waals surface area contributed by atoms with Crippen LogP contribution in [-0.2, 0) is 9.47 Å². The van der Waals surface area contributed by atoms with Crippen LogP contribution in [0.25, 0.3) is 0 Å². The van der Waals surface area contributed by atoms with Crippen molar-refractivity contribution in [2.75, 3.05) is 14.2 Å². The Morgan fingerprint density at radius 2 is 1.30 bits per heavy atom. The van der Waals surface area contributed by atoms with Gasteiger partial charge in [-0.1, -0.05) is 0 Å². The van der Waals surface area contributed by atoms with Crippen LogP contribution in [0.1, 0.15) is 26.3 Å². The van der Waals surface area contributed by atoms with E-state index >= 15 is 0 Å². The van der Waals surface area contributed by atoms with Gasteiger partial charge in [0.05, 0.1) is 25.3 Å². The highest BCUT2D eigenvalue weighted by Crippen LogP contribution is 2.13. The van der Waals surface area contributed by atoms with Gasteiger partial charge in [0, 0.05) is 17.7 Å². The molecule has 2 aromatic carbocycles. The summed E-state index contributed by atoms with van der Waals surface area (Å²) in [4.78, 5) is 22.7. The van der Waals surface area contributed by atoms with Gasteiger partial charge in [0.25, 0.3) is 0 Å². The molecule has 0 aromatic heterocycles. The number of rotatable bonds is 4. The van der Waals surface area contributed by atoms with Gasteiger partial charge in [0.1, 0.15) is 0 Å². The smallest absolute Gasteiger partial charge is 0.337 e. The summed E-state index contributed by atoms with van der Waals surface area (Å²) in [6, 6.07) is 12.5. The molecule has 2 aromatic rings. The van der Waals surface area contributed by atoms with Crippen molar-refractivity contribution in [1.29, 1.82) is 0 Å². The Hall–Kier alpha value is -3.15. The lowest BCUT2D eigenvalue weighted by atomic mass is 10.1. The van der Waals surface area contributed by atoms with Crippen molar-refractivity contribution >= 4 is 23.8 Å². The van der Waals surface area contributed by atoms with Crippen molar-refractivity contribution in [3.05, 3.63) is 70.4 Å². The average molecular weight is 313 g/mol. The van der Waals surface area contributed by atoms with Crippen LogP contribution in [0.3, 0.4) is 0 Å². The van der Waals surface area contributed by atoms with Crippen LogP contribution in [0.15, 0.2) is 48.5 Å². The predicted octanol–water partition coefficient (Wildman–Crippen LogP) is 2.52. The zero-order valence-electron chi connectivity index (χ0n) is 12.7. The van der Waals surface area contributed by atoms with E-state index in [0.717, 1.165) is 0 Å². The highest BCUT2D eigenvalue weighted by Gasteiger charge is 2.08. The monoisotopic (exact) mass is 313 g/mol. The Labute approximate surface area is 133 Å². The molecule has 6 heteroatoms. The predicted molar refractivity (Wildman–Crippen MR) is 84.0 cm³/mol. The first kappa shape index (κ1) is 16.2. The van der Waals surface area contributed by atoms with E-state index in [9.17, 15) is 14.8 Å². The van der Waals surface area contributed by atoms with Gasteiger partial charge in [-0.2, -0.15) is 4.74 Å². The Kier molecular flexibility index (Phi) is 5.09. The SMILES string of the molecule is COC(=O)c1ccc(C=[N+]([O-])c2ccc(C(=O)OC)cc2)cc1. The van der Waals surface area contributed by atoms with E-state index in [0.29, 0.717) is 27.1 Å². The van der Waals surface area contributed by atoms with Crippen molar-refractivity contribution in [3.63, 3.8) is 0 Å². The van der Waals surface area contributed by atoms with Crippen molar-refractivity contribution in [2.45, 2.75) is 0 Å². The molecule has 0 atom stereocenters. The molecule has 23 heavy (non-hydrogen) atoms. The maximum Gasteiger partial charge on any atom is 0.337 e. The number of ether oxygens (including phenoxy) is 2. The second-order valence-corrected chi connectivity index (χ2v) is 4.61. The molecular formula is C17H15NO5. The molecule has 0 saturated heterocycles. The van der Waals surface area contributed by atoms with Crippen LogP contribution < -0.4 is 0 Å². The maximum absolute atomic E-state index is 12.1. The van der Waals surface area contributed by atoms with Crippen molar-refractivity contribution in [3.8, 4) is 0 Å². The number of carbonyl (C=O) groups is 2. The fraction of sp³-hybridized carbons (Fsp3) is 0.118. The van der Waals surface area contributed by atoms with Crippen molar-refractivity contribution in [2.24, 2.45) is 0 Å². The summed E-state index contributed by atoms with van der Waals surface area (Å²) >= 11 is 0. The van der Waals surface area contributed by atoms with E-state index in [2.05, 4.69) is 9.47 Å². The normalized spacial score (nSPS) is 11.0. The van der Waals surface area contributed by atoms with E-state index in [1.165, 1.54) is 44.7 Å². The fourth-order valence-corrected chi connectivity index (χ4v) is 1.90. The molecule has 0 saturated carbocycles. The third kappa shape index (κ3) is 3.94. The molecule has 0 unspecified atom stereocenters. The fourth-order valence-electron chi connectivity index (χ4n) is 1.90. The van der Waals surface area contributed by atoms with E-state index in [1.807, 2.05) is 0 Å². The molecule has 0 fully saturated rings. The van der Waals surface area contributed by atoms with Gasteiger partial charge in [0.15, 0.2) is 6.21 Å². The third-order valence-corrected chi connectivity index (χ3v) is 3.14. The molecule has 2 rings (SSSR count). The third-order valence-electron chi connectivity index (χ3n) is 3.14. The van der Waals surface area contributed by atoms with Crippen LogP contribution >= 0.6 is 0 Å². The Balaban J connectivity index is 2.19. The summed E-state index contributed by atoms with van der Waals surface area (Å²) in [7, 11) is 2.60. The Bertz CT molecular complexity index is 733. The average Bonchev–Trinajstić information content (AvgIpc) is 2.61. The number of methoxy groups -OCH3 is 2. The van der Waals surface area contributed by atoms with Gasteiger partial charge in [-0.25, -0.2) is 9.59 Å². The van der Waals surface area contributed by atoms with Crippen LogP contribution in [0.5, 0.6) is 0 Å². The van der Waals surface area contributed by atoms with Crippen molar-refractivity contribution < 1.29 is 23.8 Å². The second kappa shape index (κ2) is 7.22. The maximum atomic E-state index is 12.1. The van der Waals surface area contributed by atoms with Crippen LogP contribution in [0, 0.1) is 5.21 Å². The first-order valence-corrected chi connectivity index (χ1v) is 6.73. The number of hydrogen-bond acceptors (Lipinski definition) is 5. The lowest BCUT2D eigenvalue weighted by molar-refractivity contribution is -0.354. The summed E-state index contributed by atoms with van der Waals surface area (Å²) < 4.78 is 9.88. The van der Waals surface area contributed by atoms with Crippen LogP contribution in [0.2, 0.25) is 0 Å². The molecule has 0 radical (unpaired) electrons. The van der Waals surface area contributed by atoms with Gasteiger partial charge >= 0.3 is 11.9 Å². The van der Waals surface area contributed by atoms with Crippen LogP contribution in [0.4, 0.5) is 5.69 Å². The molecule has 0 heterocycles. The number of nitrogens with zero attached hydrogens (tertiary/aromatic N) is 1. The quantitative estimate of drug-likeness (QED) is 0.285. The molecule has 0 bridgehead atoms. The van der Waals surface area contributed by atoms with Gasteiger partial charge in [-0.05, 0) is 36.4 Å². The topological polar surface area (TPSA) is 78.7 Å². The Morgan fingerprint density at radius 3 is 1.74 bits per heavy atom. The molecule has 6 nitrogen and oxygen atoms in total. The number of hydrogen-bond donors (Lipinski definition) is 0. The summed E-state index contributed by atoms with van der Waals surface area (Å²) in [6.07, 6.45) is 1.37. The Morgan fingerprint density at radius 1 is 0.870 bits per heavy atom. The van der Waals surface area contributed by atoms with Crippen molar-refractivity contribution in [1.82, 2.24) is 0 Å². The van der Waals surface area contributed by atoms with Gasteiger partial charge in [0.2, 0.25) is 5.69 Å². The first-order chi connectivity index (χ1) is 11.0. The number of benzene rings is 2. The highest BCUT2D eigenvalue weighted by atomic mass is 16.5. The molecule has 0 spiro atoms. The summed E-state index contributed by atoms with van der Waals surface area (Å²) in [5.74, 6) is -0.898. The zero-order valence-corrected chi connectivity index (χ0v) is 12.7. The van der Waals surface area contributed by atoms with E-state index in [1.54, 1.807) is 24.3 Å². The molecule has 0 aliphatic rings. The molecule has 0 aliphatic heterocycles. The number of esters is 2. The second-order valence-electron chi connectivity index (χ2n) is 4.61. The zero-order chi connectivity index (χ0) is 16.8. The minimum atomic E-state index is -0.462.